The fourth-order valence-corrected chi connectivity index (χ4v) is 4.13. The predicted molar refractivity (Wildman–Crippen MR) is 104 cm³/mol. The second kappa shape index (κ2) is 9.52. The van der Waals surface area contributed by atoms with Gasteiger partial charge in [-0.25, -0.2) is 8.42 Å². The van der Waals surface area contributed by atoms with Crippen LogP contribution in [0.1, 0.15) is 42.9 Å². The van der Waals surface area contributed by atoms with Crippen LogP contribution in [-0.2, 0) is 14.8 Å². The summed E-state index contributed by atoms with van der Waals surface area (Å²) in [6, 6.07) is 9.14. The van der Waals surface area contributed by atoms with Crippen LogP contribution in [0.4, 0.5) is 0 Å². The van der Waals surface area contributed by atoms with Gasteiger partial charge < -0.3 is 15.1 Å². The molecule has 1 atom stereocenters. The van der Waals surface area contributed by atoms with Gasteiger partial charge in [0.25, 0.3) is 5.91 Å². The maximum absolute atomic E-state index is 12.5. The fourth-order valence-electron chi connectivity index (χ4n) is 2.67. The molecular formula is C19H25N3O5S. The van der Waals surface area contributed by atoms with Crippen LogP contribution in [-0.4, -0.2) is 44.2 Å². The summed E-state index contributed by atoms with van der Waals surface area (Å²) in [5.74, 6) is -0.711. The van der Waals surface area contributed by atoms with Crippen molar-refractivity contribution in [1.82, 2.24) is 14.9 Å². The molecule has 0 unspecified atom stereocenters. The van der Waals surface area contributed by atoms with Gasteiger partial charge in [0, 0.05) is 13.1 Å². The molecule has 0 aliphatic carbocycles. The third-order valence-electron chi connectivity index (χ3n) is 4.26. The lowest BCUT2D eigenvalue weighted by Gasteiger charge is -2.19. The van der Waals surface area contributed by atoms with Gasteiger partial charge in [-0.15, -0.1) is 0 Å². The Balaban J connectivity index is 1.94. The Morgan fingerprint density at radius 3 is 2.29 bits per heavy atom. The summed E-state index contributed by atoms with van der Waals surface area (Å²) in [4.78, 5) is 24.0. The summed E-state index contributed by atoms with van der Waals surface area (Å²) in [5.41, 5.74) is 0.754. The SMILES string of the molecule is CCN(CC)S(=O)(=O)c1ccc([C@@H](C)NC(=O)CNC(=O)c2ccco2)cc1. The van der Waals surface area contributed by atoms with Crippen LogP contribution < -0.4 is 10.6 Å². The third-order valence-corrected chi connectivity index (χ3v) is 6.32. The number of rotatable bonds is 9. The molecular weight excluding hydrogens is 382 g/mol. The summed E-state index contributed by atoms with van der Waals surface area (Å²) >= 11 is 0. The van der Waals surface area contributed by atoms with Crippen LogP contribution in [0.15, 0.2) is 52.0 Å². The Morgan fingerprint density at radius 2 is 1.75 bits per heavy atom. The maximum Gasteiger partial charge on any atom is 0.287 e. The second-order valence-electron chi connectivity index (χ2n) is 6.11. The van der Waals surface area contributed by atoms with Crippen LogP contribution >= 0.6 is 0 Å². The van der Waals surface area contributed by atoms with Gasteiger partial charge in [-0.2, -0.15) is 4.31 Å². The van der Waals surface area contributed by atoms with E-state index in [4.69, 9.17) is 4.42 Å². The van der Waals surface area contributed by atoms with Crippen molar-refractivity contribution in [3.8, 4) is 0 Å². The number of benzene rings is 1. The molecule has 0 aliphatic rings. The first-order valence-electron chi connectivity index (χ1n) is 9.00. The van der Waals surface area contributed by atoms with E-state index in [2.05, 4.69) is 10.6 Å². The average molecular weight is 407 g/mol. The minimum absolute atomic E-state index is 0.130. The standard InChI is InChI=1S/C19H25N3O5S/c1-4-22(5-2)28(25,26)16-10-8-15(9-11-16)14(3)21-18(23)13-20-19(24)17-7-6-12-27-17/h6-12,14H,4-5,13H2,1-3H3,(H,20,24)(H,21,23)/t14-/m1/s1. The molecule has 0 saturated heterocycles. The van der Waals surface area contributed by atoms with Gasteiger partial charge in [-0.1, -0.05) is 26.0 Å². The number of hydrogen-bond acceptors (Lipinski definition) is 5. The fraction of sp³-hybridized carbons (Fsp3) is 0.368. The molecule has 0 aliphatic heterocycles. The van der Waals surface area contributed by atoms with E-state index in [0.29, 0.717) is 13.1 Å². The number of hydrogen-bond donors (Lipinski definition) is 2. The summed E-state index contributed by atoms with van der Waals surface area (Å²) in [6.45, 7) is 5.96. The Hall–Kier alpha value is -2.65. The highest BCUT2D eigenvalue weighted by atomic mass is 32.2. The van der Waals surface area contributed by atoms with Crippen molar-refractivity contribution in [2.45, 2.75) is 31.7 Å². The smallest absolute Gasteiger partial charge is 0.287 e. The van der Waals surface area contributed by atoms with Crippen molar-refractivity contribution in [1.29, 1.82) is 0 Å². The first-order chi connectivity index (χ1) is 13.3. The Bertz CT molecular complexity index is 888. The molecule has 2 rings (SSSR count). The topological polar surface area (TPSA) is 109 Å². The lowest BCUT2D eigenvalue weighted by molar-refractivity contribution is -0.120. The van der Waals surface area contributed by atoms with Gasteiger partial charge in [0.15, 0.2) is 5.76 Å². The highest BCUT2D eigenvalue weighted by molar-refractivity contribution is 7.89. The van der Waals surface area contributed by atoms with Crippen molar-refractivity contribution in [2.75, 3.05) is 19.6 Å². The number of amides is 2. The molecule has 1 heterocycles. The highest BCUT2D eigenvalue weighted by Gasteiger charge is 2.21. The lowest BCUT2D eigenvalue weighted by atomic mass is 10.1. The Kier molecular flexibility index (Phi) is 7.36. The quantitative estimate of drug-likeness (QED) is 0.660. The molecule has 1 aromatic heterocycles. The summed E-state index contributed by atoms with van der Waals surface area (Å²) in [7, 11) is -3.52. The normalized spacial score (nSPS) is 12.6. The summed E-state index contributed by atoms with van der Waals surface area (Å²) < 4.78 is 31.4. The first-order valence-corrected chi connectivity index (χ1v) is 10.4. The molecule has 28 heavy (non-hydrogen) atoms. The van der Waals surface area contributed by atoms with Gasteiger partial charge in [0.1, 0.15) is 0 Å². The van der Waals surface area contributed by atoms with Gasteiger partial charge in [0.2, 0.25) is 15.9 Å². The van der Waals surface area contributed by atoms with E-state index in [1.54, 1.807) is 39.0 Å². The number of carbonyl (C=O) groups is 2. The number of nitrogens with zero attached hydrogens (tertiary/aromatic N) is 1. The van der Waals surface area contributed by atoms with E-state index in [0.717, 1.165) is 5.56 Å². The Morgan fingerprint density at radius 1 is 1.11 bits per heavy atom. The molecule has 2 aromatic rings. The minimum atomic E-state index is -3.52. The summed E-state index contributed by atoms with van der Waals surface area (Å²) in [6.07, 6.45) is 1.38. The molecule has 0 spiro atoms. The number of nitrogens with one attached hydrogen (secondary N) is 2. The largest absolute Gasteiger partial charge is 0.459 e. The maximum atomic E-state index is 12.5. The average Bonchev–Trinajstić information content (AvgIpc) is 3.22. The van der Waals surface area contributed by atoms with Gasteiger partial charge >= 0.3 is 0 Å². The van der Waals surface area contributed by atoms with Crippen LogP contribution in [0, 0.1) is 0 Å². The summed E-state index contributed by atoms with van der Waals surface area (Å²) in [5, 5.41) is 5.22. The monoisotopic (exact) mass is 407 g/mol. The van der Waals surface area contributed by atoms with Gasteiger partial charge in [-0.3, -0.25) is 9.59 Å². The molecule has 0 fully saturated rings. The molecule has 2 amide bonds. The number of furan rings is 1. The zero-order valence-corrected chi connectivity index (χ0v) is 17.0. The predicted octanol–water partition coefficient (Wildman–Crippen LogP) is 1.92. The van der Waals surface area contributed by atoms with Gasteiger partial charge in [-0.05, 0) is 36.8 Å². The van der Waals surface area contributed by atoms with E-state index in [1.165, 1.54) is 28.8 Å². The molecule has 2 N–H and O–H groups in total. The van der Waals surface area contributed by atoms with Crippen molar-refractivity contribution >= 4 is 21.8 Å². The first kappa shape index (κ1) is 21.6. The van der Waals surface area contributed by atoms with Crippen LogP contribution in [0.3, 0.4) is 0 Å². The molecule has 0 bridgehead atoms. The van der Waals surface area contributed by atoms with Crippen LogP contribution in [0.5, 0.6) is 0 Å². The zero-order chi connectivity index (χ0) is 20.7. The van der Waals surface area contributed by atoms with E-state index < -0.39 is 15.9 Å². The number of carbonyl (C=O) groups excluding carboxylic acids is 2. The molecule has 1 aromatic carbocycles. The van der Waals surface area contributed by atoms with E-state index in [1.807, 2.05) is 0 Å². The highest BCUT2D eigenvalue weighted by Crippen LogP contribution is 2.19. The number of sulfonamides is 1. The lowest BCUT2D eigenvalue weighted by Crippen LogP contribution is -2.37. The zero-order valence-electron chi connectivity index (χ0n) is 16.1. The minimum Gasteiger partial charge on any atom is -0.459 e. The molecule has 9 heteroatoms. The molecule has 152 valence electrons. The second-order valence-corrected chi connectivity index (χ2v) is 8.05. The van der Waals surface area contributed by atoms with Crippen molar-refractivity contribution in [3.05, 3.63) is 54.0 Å². The van der Waals surface area contributed by atoms with E-state index in [-0.39, 0.29) is 29.1 Å². The van der Waals surface area contributed by atoms with E-state index >= 15 is 0 Å². The molecule has 0 saturated carbocycles. The van der Waals surface area contributed by atoms with Crippen LogP contribution in [0.2, 0.25) is 0 Å². The van der Waals surface area contributed by atoms with Crippen molar-refractivity contribution in [2.24, 2.45) is 0 Å². The van der Waals surface area contributed by atoms with Gasteiger partial charge in [0.05, 0.1) is 23.7 Å². The third kappa shape index (κ3) is 5.20. The molecule has 8 nitrogen and oxygen atoms in total. The Labute approximate surface area is 165 Å². The van der Waals surface area contributed by atoms with Crippen molar-refractivity contribution < 1.29 is 22.4 Å². The van der Waals surface area contributed by atoms with E-state index in [9.17, 15) is 18.0 Å². The van der Waals surface area contributed by atoms with Crippen LogP contribution in [0.25, 0.3) is 0 Å². The molecule has 0 radical (unpaired) electrons. The van der Waals surface area contributed by atoms with Crippen molar-refractivity contribution in [3.63, 3.8) is 0 Å².